The summed E-state index contributed by atoms with van der Waals surface area (Å²) >= 11 is 1.80. The van der Waals surface area contributed by atoms with E-state index in [-0.39, 0.29) is 0 Å². The summed E-state index contributed by atoms with van der Waals surface area (Å²) in [5.74, 6) is 4.27. The Bertz CT molecular complexity index is 6870. The van der Waals surface area contributed by atoms with Gasteiger partial charge < -0.3 is 4.42 Å². The van der Waals surface area contributed by atoms with Gasteiger partial charge in [0, 0.05) is 78.5 Å². The molecule has 484 valence electrons. The van der Waals surface area contributed by atoms with E-state index in [4.69, 9.17) is 4.42 Å². The van der Waals surface area contributed by atoms with Gasteiger partial charge in [0.15, 0.2) is 44.6 Å². The number of aromatic nitrogens is 23. The molecular weight excluding hydrogens is 1300 g/mol. The van der Waals surface area contributed by atoms with Gasteiger partial charge in [0.25, 0.3) is 0 Å². The van der Waals surface area contributed by atoms with Crippen molar-refractivity contribution < 1.29 is 26.6 Å². The maximum atomic E-state index is 5.92. The van der Waals surface area contributed by atoms with Crippen LogP contribution in [0.1, 0.15) is 28.5 Å². The van der Waals surface area contributed by atoms with E-state index in [0.717, 1.165) is 123 Å². The van der Waals surface area contributed by atoms with Crippen LogP contribution in [0.2, 0.25) is 0 Å². The standard InChI is InChI=1S/C20H14N5.C15H12N5.C14H10N5.C14H9N4O.C14H9N4S/c1-2-5-14(6-3-1)25-17-8-10-21-11-18(17)24-13-19-15-7-4-9-22-16(15)12-23(19)20(24)25;1-18-12-4-6-16-7-13(12)20-9-14-10-3-2-5-17-11(10)8-19(14)15(18)20;1-2-11-12(16-3-1)8-19-13(11)9-17-7-10-6-15-4-5-18(10)14(17)19;2*1-2-9-10(16-4-1)7-17-12(9)8-18-11-6-15-5-3-13(11)19-14(17)18/h1-11,13H,12H2;2-7,9H,8H2,1H3;1-7,9H,8H2;2*1-6,8H,7H2/q5*+1. The number of benzene rings is 1. The molecule has 0 fully saturated rings. The fraction of sp³-hybridized carbons (Fsp3) is 0.0779. The molecule has 0 aliphatic carbocycles. The third-order valence-corrected chi connectivity index (χ3v) is 21.4. The number of nitrogens with zero attached hydrogens (tertiary/aromatic N) is 23. The van der Waals surface area contributed by atoms with Crippen molar-refractivity contribution in [3.63, 3.8) is 0 Å². The van der Waals surface area contributed by atoms with Crippen molar-refractivity contribution in [3.8, 4) is 62.0 Å². The molecule has 26 rings (SSSR count). The van der Waals surface area contributed by atoms with E-state index in [2.05, 4.69) is 221 Å². The molecule has 0 radical (unpaired) electrons. The van der Waals surface area contributed by atoms with E-state index in [9.17, 15) is 0 Å². The van der Waals surface area contributed by atoms with Gasteiger partial charge in [-0.3, -0.25) is 49.8 Å². The second-order valence-electron chi connectivity index (χ2n) is 25.7. The lowest BCUT2D eigenvalue weighted by Gasteiger charge is -2.00. The number of fused-ring (bicyclic) bond motifs is 35. The summed E-state index contributed by atoms with van der Waals surface area (Å²) in [6, 6.07) is 39.2. The molecule has 0 amide bonds. The monoisotopic (exact) mass is 1350 g/mol. The minimum Gasteiger partial charge on any atom is -0.387 e. The number of rotatable bonds is 1. The minimum absolute atomic E-state index is 0.759. The molecule has 0 N–H and O–H groups in total. The van der Waals surface area contributed by atoms with Gasteiger partial charge in [0.1, 0.15) is 104 Å². The van der Waals surface area contributed by atoms with Gasteiger partial charge in [-0.2, -0.15) is 31.1 Å². The predicted octanol–water partition coefficient (Wildman–Crippen LogP) is 9.88. The third kappa shape index (κ3) is 8.20. The number of aryl methyl sites for hydroxylation is 1. The Morgan fingerprint density at radius 2 is 0.931 bits per heavy atom. The summed E-state index contributed by atoms with van der Waals surface area (Å²) in [7, 11) is 2.10. The van der Waals surface area contributed by atoms with Crippen LogP contribution in [0.3, 0.4) is 0 Å². The molecule has 0 saturated carbocycles. The predicted molar refractivity (Wildman–Crippen MR) is 378 cm³/mol. The van der Waals surface area contributed by atoms with Crippen molar-refractivity contribution in [2.75, 3.05) is 0 Å². The first-order valence-corrected chi connectivity index (χ1v) is 34.2. The highest BCUT2D eigenvalue weighted by Gasteiger charge is 2.37. The lowest BCUT2D eigenvalue weighted by molar-refractivity contribution is -0.621. The zero-order valence-corrected chi connectivity index (χ0v) is 55.1. The van der Waals surface area contributed by atoms with Crippen molar-refractivity contribution in [3.05, 3.63) is 280 Å². The summed E-state index contributed by atoms with van der Waals surface area (Å²) in [5, 5.41) is 0. The molecular formula is C77H54N23OS+5. The van der Waals surface area contributed by atoms with Crippen LogP contribution in [0.15, 0.2) is 256 Å². The van der Waals surface area contributed by atoms with Gasteiger partial charge in [-0.15, -0.1) is 0 Å². The molecule has 25 heteroatoms. The molecule has 1 aromatic carbocycles. The van der Waals surface area contributed by atoms with Gasteiger partial charge in [0.2, 0.25) is 0 Å². The molecule has 21 aromatic rings. The number of oxazole rings is 1. The van der Waals surface area contributed by atoms with Crippen molar-refractivity contribution in [1.29, 1.82) is 0 Å². The smallest absolute Gasteiger partial charge is 0.387 e. The third-order valence-electron chi connectivity index (χ3n) is 20.3. The van der Waals surface area contributed by atoms with Crippen molar-refractivity contribution in [1.82, 2.24) is 86.0 Å². The van der Waals surface area contributed by atoms with Gasteiger partial charge in [-0.05, 0) is 102 Å². The van der Waals surface area contributed by atoms with Crippen molar-refractivity contribution in [2.45, 2.75) is 32.7 Å². The highest BCUT2D eigenvalue weighted by molar-refractivity contribution is 7.23. The Morgan fingerprint density at radius 3 is 1.64 bits per heavy atom. The molecule has 0 unspecified atom stereocenters. The van der Waals surface area contributed by atoms with Crippen LogP contribution in [0.5, 0.6) is 0 Å². The number of hydrogen-bond acceptors (Lipinski definition) is 12. The Hall–Kier alpha value is -13.8. The average molecular weight is 1350 g/mol. The Balaban J connectivity index is 0.0000000809. The zero-order chi connectivity index (χ0) is 66.8. The first-order valence-electron chi connectivity index (χ1n) is 33.4. The quantitative estimate of drug-likeness (QED) is 0.142. The van der Waals surface area contributed by atoms with E-state index in [0.29, 0.717) is 0 Å². The molecule has 0 saturated heterocycles. The molecule has 0 spiro atoms. The van der Waals surface area contributed by atoms with Crippen LogP contribution in [0, 0.1) is 0 Å². The lowest BCUT2D eigenvalue weighted by Crippen LogP contribution is -2.29. The topological polar surface area (TPSA) is 201 Å². The number of thiazole rings is 1. The highest BCUT2D eigenvalue weighted by Crippen LogP contribution is 2.39. The van der Waals surface area contributed by atoms with E-state index in [1.165, 1.54) is 77.1 Å². The normalized spacial score (nSPS) is 13.0. The van der Waals surface area contributed by atoms with Gasteiger partial charge >= 0.3 is 28.1 Å². The number of pyridine rings is 9. The average Bonchev–Trinajstić information content (AvgIpc) is 1.55. The summed E-state index contributed by atoms with van der Waals surface area (Å²) in [6.07, 6.45) is 42.8. The van der Waals surface area contributed by atoms with Crippen LogP contribution in [0.4, 0.5) is 0 Å². The Labute approximate surface area is 579 Å². The van der Waals surface area contributed by atoms with Gasteiger partial charge in [-0.25, -0.2) is 27.2 Å². The SMILES string of the molecule is C[n+]1c2ccncc2n2cc3n(c21)Cc1ncccc1-3.c1ccc(-n2c3ccncc3[n+]3cc4n(c23)Cc2ncccc2-4)cc1.c1cnc2c(c1)-c1c[n+]3c4cnccc4oc3n1C2.c1cnc2c(c1)-c1c[n+]3c4cnccc4sc3n1C2.c1cnc2c(c1)-c1c[n+]3cc4cnccn4c3n1C2. The minimum atomic E-state index is 0.759. The summed E-state index contributed by atoms with van der Waals surface area (Å²) < 4.78 is 36.2. The molecule has 0 atom stereocenters. The lowest BCUT2D eigenvalue weighted by atomic mass is 10.2. The molecule has 25 heterocycles. The number of imidazole rings is 8. The highest BCUT2D eigenvalue weighted by atomic mass is 32.1. The van der Waals surface area contributed by atoms with Crippen LogP contribution in [0.25, 0.3) is 139 Å². The summed E-state index contributed by atoms with van der Waals surface area (Å²) in [4.78, 5) is 44.8. The van der Waals surface area contributed by atoms with E-state index < -0.39 is 0 Å². The summed E-state index contributed by atoms with van der Waals surface area (Å²) in [5.41, 5.74) is 27.7. The van der Waals surface area contributed by atoms with Crippen molar-refractivity contribution in [2.24, 2.45) is 7.05 Å². The maximum Gasteiger partial charge on any atom is 0.468 e. The number of hydrogen-bond donors (Lipinski definition) is 0. The van der Waals surface area contributed by atoms with Crippen LogP contribution in [-0.4, -0.2) is 86.0 Å². The molecule has 0 bridgehead atoms. The Kier molecular flexibility index (Phi) is 11.9. The van der Waals surface area contributed by atoms with Crippen LogP contribution in [-0.2, 0) is 39.8 Å². The molecule has 20 aromatic heterocycles. The fourth-order valence-corrected chi connectivity index (χ4v) is 16.9. The van der Waals surface area contributed by atoms with E-state index >= 15 is 0 Å². The van der Waals surface area contributed by atoms with E-state index in [1.54, 1.807) is 17.5 Å². The largest absolute Gasteiger partial charge is 0.468 e. The second-order valence-corrected chi connectivity index (χ2v) is 26.7. The Morgan fingerprint density at radius 1 is 0.392 bits per heavy atom. The van der Waals surface area contributed by atoms with Crippen LogP contribution >= 0.6 is 11.3 Å². The first-order chi connectivity index (χ1) is 50.5. The molecule has 24 nitrogen and oxygen atoms in total. The fourth-order valence-electron chi connectivity index (χ4n) is 15.8. The summed E-state index contributed by atoms with van der Waals surface area (Å²) in [6.45, 7) is 4.08. The van der Waals surface area contributed by atoms with Gasteiger partial charge in [0.05, 0.1) is 94.7 Å². The first kappa shape index (κ1) is 56.2. The second kappa shape index (κ2) is 21.6. The number of para-hydroxylation sites is 1. The van der Waals surface area contributed by atoms with Gasteiger partial charge in [-0.1, -0.05) is 18.2 Å². The van der Waals surface area contributed by atoms with Crippen LogP contribution < -0.4 is 22.2 Å². The molecule has 5 aliphatic heterocycles. The zero-order valence-electron chi connectivity index (χ0n) is 54.3. The molecule has 102 heavy (non-hydrogen) atoms. The maximum absolute atomic E-state index is 5.92. The molecule has 5 aliphatic rings. The van der Waals surface area contributed by atoms with E-state index in [1.807, 2.05) is 140 Å². The van der Waals surface area contributed by atoms with Crippen molar-refractivity contribution >= 4 is 88.4 Å².